The fourth-order valence-corrected chi connectivity index (χ4v) is 4.94. The number of unbranched alkanes of at least 4 members (excludes halogenated alkanes) is 7. The fraction of sp³-hybridized carbons (Fsp3) is 0.552. The molecule has 2 aromatic carbocycles. The Morgan fingerprint density at radius 1 is 0.774 bits per heavy atom. The summed E-state index contributed by atoms with van der Waals surface area (Å²) in [6.45, 7) is 5.53. The molecule has 2 heteroatoms. The summed E-state index contributed by atoms with van der Waals surface area (Å²) in [5, 5.41) is 0. The second-order valence-corrected chi connectivity index (χ2v) is 9.17. The van der Waals surface area contributed by atoms with Crippen molar-refractivity contribution in [2.24, 2.45) is 10.9 Å². The van der Waals surface area contributed by atoms with Crippen LogP contribution in [0.5, 0.6) is 0 Å². The number of nitrogens with zero attached hydrogens (tertiary/aromatic N) is 2. The van der Waals surface area contributed by atoms with E-state index in [1.54, 1.807) is 0 Å². The van der Waals surface area contributed by atoms with Crippen LogP contribution < -0.4 is 0 Å². The molecule has 2 nitrogen and oxygen atoms in total. The van der Waals surface area contributed by atoms with Gasteiger partial charge < -0.3 is 4.90 Å². The Morgan fingerprint density at radius 2 is 1.29 bits per heavy atom. The smallest absolute Gasteiger partial charge is 0.0849 e. The zero-order valence-corrected chi connectivity index (χ0v) is 19.6. The molecule has 0 saturated carbocycles. The largest absolute Gasteiger partial charge is 0.363 e. The second kappa shape index (κ2) is 14.1. The molecular weight excluding hydrogens is 376 g/mol. The van der Waals surface area contributed by atoms with Crippen LogP contribution in [0.25, 0.3) is 0 Å². The van der Waals surface area contributed by atoms with Gasteiger partial charge >= 0.3 is 0 Å². The van der Waals surface area contributed by atoms with Gasteiger partial charge in [-0.3, -0.25) is 4.99 Å². The number of benzene rings is 2. The van der Waals surface area contributed by atoms with E-state index in [0.717, 1.165) is 19.6 Å². The molecule has 0 bridgehead atoms. The molecule has 0 spiro atoms. The summed E-state index contributed by atoms with van der Waals surface area (Å²) in [6.07, 6.45) is 15.5. The summed E-state index contributed by atoms with van der Waals surface area (Å²) in [5.41, 5.74) is 2.91. The van der Waals surface area contributed by atoms with E-state index in [-0.39, 0.29) is 0 Å². The van der Waals surface area contributed by atoms with Gasteiger partial charge in [0.2, 0.25) is 0 Å². The van der Waals surface area contributed by atoms with Gasteiger partial charge in [0.25, 0.3) is 0 Å². The minimum atomic E-state index is 0.499. The first-order valence-electron chi connectivity index (χ1n) is 12.7. The van der Waals surface area contributed by atoms with Crippen LogP contribution in [0, 0.1) is 5.92 Å². The van der Waals surface area contributed by atoms with Gasteiger partial charge in [0.05, 0.1) is 6.34 Å². The molecule has 1 saturated heterocycles. The molecule has 0 N–H and O–H groups in total. The number of aliphatic imine (C=N–C) groups is 1. The van der Waals surface area contributed by atoms with E-state index in [1.165, 1.54) is 75.3 Å². The van der Waals surface area contributed by atoms with Crippen LogP contribution in [0.15, 0.2) is 65.7 Å². The number of likely N-dealkylation sites (tertiary alicyclic amines) is 1. The summed E-state index contributed by atoms with van der Waals surface area (Å²) >= 11 is 0. The molecule has 0 unspecified atom stereocenters. The first-order chi connectivity index (χ1) is 15.4. The Labute approximate surface area is 190 Å². The zero-order valence-electron chi connectivity index (χ0n) is 19.6. The summed E-state index contributed by atoms with van der Waals surface area (Å²) in [5.74, 6) is 1.20. The van der Waals surface area contributed by atoms with Gasteiger partial charge in [0, 0.05) is 25.6 Å². The van der Waals surface area contributed by atoms with Crippen molar-refractivity contribution in [2.45, 2.75) is 77.0 Å². The first kappa shape index (κ1) is 23.6. The lowest BCUT2D eigenvalue weighted by atomic mass is 9.76. The van der Waals surface area contributed by atoms with E-state index in [9.17, 15) is 0 Å². The Bertz CT molecular complexity index is 677. The molecule has 1 fully saturated rings. The third-order valence-corrected chi connectivity index (χ3v) is 6.75. The summed E-state index contributed by atoms with van der Waals surface area (Å²) in [7, 11) is 0. The van der Waals surface area contributed by atoms with Crippen LogP contribution in [-0.4, -0.2) is 30.9 Å². The van der Waals surface area contributed by atoms with Gasteiger partial charge in [-0.15, -0.1) is 0 Å². The van der Waals surface area contributed by atoms with E-state index >= 15 is 0 Å². The Hall–Kier alpha value is -2.09. The van der Waals surface area contributed by atoms with E-state index in [2.05, 4.69) is 78.8 Å². The predicted molar refractivity (Wildman–Crippen MR) is 135 cm³/mol. The summed E-state index contributed by atoms with van der Waals surface area (Å²) < 4.78 is 0. The van der Waals surface area contributed by atoms with Crippen molar-refractivity contribution in [3.8, 4) is 0 Å². The molecule has 1 aliphatic heterocycles. The van der Waals surface area contributed by atoms with Crippen molar-refractivity contribution in [3.05, 3.63) is 71.8 Å². The average Bonchev–Trinajstić information content (AvgIpc) is 2.83. The maximum absolute atomic E-state index is 4.73. The van der Waals surface area contributed by atoms with Crippen LogP contribution in [0.3, 0.4) is 0 Å². The quantitative estimate of drug-likeness (QED) is 0.185. The molecule has 31 heavy (non-hydrogen) atoms. The molecule has 1 aliphatic rings. The first-order valence-corrected chi connectivity index (χ1v) is 12.7. The molecule has 2 aromatic rings. The maximum atomic E-state index is 4.73. The average molecular weight is 419 g/mol. The van der Waals surface area contributed by atoms with Crippen LogP contribution in [0.1, 0.15) is 88.2 Å². The van der Waals surface area contributed by atoms with Gasteiger partial charge in [0.1, 0.15) is 0 Å². The molecule has 0 aliphatic carbocycles. The van der Waals surface area contributed by atoms with Crippen LogP contribution >= 0.6 is 0 Å². The van der Waals surface area contributed by atoms with E-state index in [1.807, 2.05) is 0 Å². The normalized spacial score (nSPS) is 15.2. The van der Waals surface area contributed by atoms with Crippen LogP contribution in [0.2, 0.25) is 0 Å². The topological polar surface area (TPSA) is 15.6 Å². The molecule has 0 amide bonds. The monoisotopic (exact) mass is 418 g/mol. The molecule has 0 aromatic heterocycles. The third-order valence-electron chi connectivity index (χ3n) is 6.75. The van der Waals surface area contributed by atoms with E-state index in [0.29, 0.717) is 11.8 Å². The van der Waals surface area contributed by atoms with Gasteiger partial charge in [-0.1, -0.05) is 113 Å². The number of hydrogen-bond donors (Lipinski definition) is 0. The van der Waals surface area contributed by atoms with Crippen molar-refractivity contribution in [3.63, 3.8) is 0 Å². The molecule has 0 radical (unpaired) electrons. The highest BCUT2D eigenvalue weighted by Crippen LogP contribution is 2.37. The van der Waals surface area contributed by atoms with E-state index in [4.69, 9.17) is 4.99 Å². The Balaban J connectivity index is 1.40. The Morgan fingerprint density at radius 3 is 1.84 bits per heavy atom. The lowest BCUT2D eigenvalue weighted by molar-refractivity contribution is 0.254. The van der Waals surface area contributed by atoms with Crippen molar-refractivity contribution in [1.82, 2.24) is 4.90 Å². The fourth-order valence-electron chi connectivity index (χ4n) is 4.94. The number of piperidine rings is 1. The lowest BCUT2D eigenvalue weighted by Crippen LogP contribution is -2.35. The lowest BCUT2D eigenvalue weighted by Gasteiger charge is -2.36. The molecule has 0 atom stereocenters. The van der Waals surface area contributed by atoms with Crippen molar-refractivity contribution < 1.29 is 0 Å². The van der Waals surface area contributed by atoms with Gasteiger partial charge in [-0.25, -0.2) is 0 Å². The van der Waals surface area contributed by atoms with Crippen LogP contribution in [-0.2, 0) is 0 Å². The zero-order chi connectivity index (χ0) is 21.6. The standard InChI is InChI=1S/C29H42N2/c1-2-3-4-5-6-7-8-15-22-30-25-31-23-20-28(21-24-31)29(26-16-11-9-12-17-26)27-18-13-10-14-19-27/h9-14,16-19,25,28-29H,2-8,15,20-24H2,1H3/b30-25+. The minimum absolute atomic E-state index is 0.499. The molecule has 1 heterocycles. The number of hydrogen-bond acceptors (Lipinski definition) is 1. The van der Waals surface area contributed by atoms with Gasteiger partial charge in [0.15, 0.2) is 0 Å². The SMILES string of the molecule is CCCCCCCCCC/N=C/N1CCC(C(c2ccccc2)c2ccccc2)CC1. The summed E-state index contributed by atoms with van der Waals surface area (Å²) in [6, 6.07) is 22.2. The minimum Gasteiger partial charge on any atom is -0.363 e. The number of rotatable bonds is 13. The molecule has 3 rings (SSSR count). The third kappa shape index (κ3) is 8.16. The second-order valence-electron chi connectivity index (χ2n) is 9.17. The van der Waals surface area contributed by atoms with Gasteiger partial charge in [-0.2, -0.15) is 0 Å². The highest BCUT2D eigenvalue weighted by atomic mass is 15.1. The molecule has 168 valence electrons. The van der Waals surface area contributed by atoms with Crippen molar-refractivity contribution in [1.29, 1.82) is 0 Å². The highest BCUT2D eigenvalue weighted by Gasteiger charge is 2.28. The maximum Gasteiger partial charge on any atom is 0.0849 e. The summed E-state index contributed by atoms with van der Waals surface area (Å²) in [4.78, 5) is 7.17. The van der Waals surface area contributed by atoms with Gasteiger partial charge in [-0.05, 0) is 36.3 Å². The van der Waals surface area contributed by atoms with Crippen molar-refractivity contribution in [2.75, 3.05) is 19.6 Å². The van der Waals surface area contributed by atoms with Crippen molar-refractivity contribution >= 4 is 6.34 Å². The van der Waals surface area contributed by atoms with Crippen LogP contribution in [0.4, 0.5) is 0 Å². The molecular formula is C29H42N2. The predicted octanol–water partition coefficient (Wildman–Crippen LogP) is 7.70. The van der Waals surface area contributed by atoms with E-state index < -0.39 is 0 Å². The Kier molecular flexibility index (Phi) is 10.7. The highest BCUT2D eigenvalue weighted by molar-refractivity contribution is 5.55.